The lowest BCUT2D eigenvalue weighted by Crippen LogP contribution is -2.49. The van der Waals surface area contributed by atoms with Gasteiger partial charge in [0.25, 0.3) is 5.91 Å². The molecule has 0 radical (unpaired) electrons. The van der Waals surface area contributed by atoms with Gasteiger partial charge in [-0.3, -0.25) is 9.59 Å². The molecule has 3 rings (SSSR count). The normalized spacial score (nSPS) is 18.1. The highest BCUT2D eigenvalue weighted by Gasteiger charge is 2.29. The van der Waals surface area contributed by atoms with Crippen molar-refractivity contribution in [1.82, 2.24) is 4.90 Å². The summed E-state index contributed by atoms with van der Waals surface area (Å²) in [6.07, 6.45) is 0.620. The fraction of sp³-hybridized carbons (Fsp3) is 0.412. The summed E-state index contributed by atoms with van der Waals surface area (Å²) in [5, 5.41) is 0.242. The quantitative estimate of drug-likeness (QED) is 0.852. The second-order valence-electron chi connectivity index (χ2n) is 5.62. The number of amides is 1. The van der Waals surface area contributed by atoms with Gasteiger partial charge in [0.2, 0.25) is 0 Å². The van der Waals surface area contributed by atoms with E-state index in [1.807, 2.05) is 0 Å². The zero-order chi connectivity index (χ0) is 17.1. The molecule has 1 unspecified atom stereocenters. The van der Waals surface area contributed by atoms with Crippen LogP contribution in [0.3, 0.4) is 0 Å². The summed E-state index contributed by atoms with van der Waals surface area (Å²) < 4.78 is 29.3. The first kappa shape index (κ1) is 16.6. The van der Waals surface area contributed by atoms with Crippen LogP contribution >= 0.6 is 0 Å². The number of fused-ring (bicyclic) bond motifs is 1. The Balaban J connectivity index is 1.93. The molecule has 1 aliphatic rings. The second-order valence-corrected chi connectivity index (χ2v) is 5.62. The van der Waals surface area contributed by atoms with Gasteiger partial charge in [0.05, 0.1) is 24.6 Å². The van der Waals surface area contributed by atoms with E-state index in [2.05, 4.69) is 0 Å². The Morgan fingerprint density at radius 2 is 2.25 bits per heavy atom. The van der Waals surface area contributed by atoms with E-state index in [1.165, 1.54) is 12.1 Å². The van der Waals surface area contributed by atoms with Crippen molar-refractivity contribution in [2.24, 2.45) is 0 Å². The highest BCUT2D eigenvalue weighted by Crippen LogP contribution is 2.18. The first-order valence-electron chi connectivity index (χ1n) is 7.71. The predicted octanol–water partition coefficient (Wildman–Crippen LogP) is 1.81. The Bertz CT molecular complexity index is 803. The fourth-order valence-corrected chi connectivity index (χ4v) is 2.79. The molecule has 1 fully saturated rings. The van der Waals surface area contributed by atoms with Gasteiger partial charge in [-0.1, -0.05) is 0 Å². The minimum atomic E-state index is -0.528. The fourth-order valence-electron chi connectivity index (χ4n) is 2.79. The molecule has 0 N–H and O–H groups in total. The van der Waals surface area contributed by atoms with Gasteiger partial charge in [0.15, 0.2) is 11.2 Å². The van der Waals surface area contributed by atoms with Crippen LogP contribution in [0.15, 0.2) is 33.5 Å². The number of benzene rings is 1. The third-order valence-corrected chi connectivity index (χ3v) is 4.05. The van der Waals surface area contributed by atoms with E-state index in [1.54, 1.807) is 12.0 Å². The molecule has 7 heteroatoms. The van der Waals surface area contributed by atoms with Gasteiger partial charge < -0.3 is 18.8 Å². The number of halogens is 1. The van der Waals surface area contributed by atoms with E-state index in [9.17, 15) is 14.0 Å². The number of methoxy groups -OCH3 is 1. The minimum Gasteiger partial charge on any atom is -0.451 e. The van der Waals surface area contributed by atoms with E-state index in [0.29, 0.717) is 32.8 Å². The summed E-state index contributed by atoms with van der Waals surface area (Å²) in [5.74, 6) is -1.02. The van der Waals surface area contributed by atoms with Crippen molar-refractivity contribution in [1.29, 1.82) is 0 Å². The molecule has 2 aromatic rings. The second kappa shape index (κ2) is 7.11. The van der Waals surface area contributed by atoms with E-state index < -0.39 is 11.7 Å². The number of hydrogen-bond donors (Lipinski definition) is 0. The summed E-state index contributed by atoms with van der Waals surface area (Å²) in [6, 6.07) is 4.64. The monoisotopic (exact) mass is 335 g/mol. The number of rotatable bonds is 4. The Morgan fingerprint density at radius 3 is 3.04 bits per heavy atom. The molecule has 0 saturated carbocycles. The van der Waals surface area contributed by atoms with Gasteiger partial charge in [-0.15, -0.1) is 0 Å². The maximum atomic E-state index is 13.4. The van der Waals surface area contributed by atoms with Gasteiger partial charge >= 0.3 is 0 Å². The topological polar surface area (TPSA) is 69.0 Å². The maximum absolute atomic E-state index is 13.4. The minimum absolute atomic E-state index is 0.0625. The molecule has 1 atom stereocenters. The average Bonchev–Trinajstić information content (AvgIpc) is 2.59. The molecular formula is C17H18FNO5. The lowest BCUT2D eigenvalue weighted by molar-refractivity contribution is -0.0117. The van der Waals surface area contributed by atoms with Crippen LogP contribution in [-0.2, 0) is 9.47 Å². The Kier molecular flexibility index (Phi) is 4.92. The van der Waals surface area contributed by atoms with Crippen molar-refractivity contribution in [3.05, 3.63) is 46.1 Å². The van der Waals surface area contributed by atoms with Crippen LogP contribution in [0.25, 0.3) is 11.0 Å². The van der Waals surface area contributed by atoms with Crippen LogP contribution in [0.4, 0.5) is 4.39 Å². The van der Waals surface area contributed by atoms with Crippen molar-refractivity contribution < 1.29 is 23.1 Å². The maximum Gasteiger partial charge on any atom is 0.290 e. The zero-order valence-electron chi connectivity index (χ0n) is 13.3. The summed E-state index contributed by atoms with van der Waals surface area (Å²) >= 11 is 0. The van der Waals surface area contributed by atoms with Gasteiger partial charge in [-0.2, -0.15) is 0 Å². The number of carbonyl (C=O) groups excluding carboxylic acids is 1. The van der Waals surface area contributed by atoms with Crippen molar-refractivity contribution in [3.63, 3.8) is 0 Å². The smallest absolute Gasteiger partial charge is 0.290 e. The molecule has 1 amide bonds. The van der Waals surface area contributed by atoms with Gasteiger partial charge in [-0.25, -0.2) is 4.39 Å². The highest BCUT2D eigenvalue weighted by atomic mass is 19.1. The van der Waals surface area contributed by atoms with Crippen LogP contribution in [0, 0.1) is 5.82 Å². The number of morpholine rings is 1. The molecule has 2 heterocycles. The molecule has 0 spiro atoms. The lowest BCUT2D eigenvalue weighted by atomic mass is 10.1. The molecule has 1 aromatic heterocycles. The number of carbonyl (C=O) groups is 1. The van der Waals surface area contributed by atoms with Gasteiger partial charge in [0, 0.05) is 32.4 Å². The molecule has 0 aliphatic carbocycles. The first-order chi connectivity index (χ1) is 11.6. The van der Waals surface area contributed by atoms with Crippen LogP contribution in [-0.4, -0.2) is 50.3 Å². The number of ether oxygens (including phenoxy) is 2. The average molecular weight is 335 g/mol. The molecule has 128 valence electrons. The van der Waals surface area contributed by atoms with E-state index >= 15 is 0 Å². The number of hydrogen-bond acceptors (Lipinski definition) is 5. The Hall–Kier alpha value is -2.25. The summed E-state index contributed by atoms with van der Waals surface area (Å²) in [5.41, 5.74) is -0.311. The third kappa shape index (κ3) is 3.32. The SMILES string of the molecule is COCCC1COCCN1C(=O)c1cc(=O)c2ccc(F)cc2o1. The largest absolute Gasteiger partial charge is 0.451 e. The van der Waals surface area contributed by atoms with E-state index in [4.69, 9.17) is 13.9 Å². The lowest BCUT2D eigenvalue weighted by Gasteiger charge is -2.35. The van der Waals surface area contributed by atoms with Crippen LogP contribution in [0.5, 0.6) is 0 Å². The van der Waals surface area contributed by atoms with Gasteiger partial charge in [-0.05, 0) is 18.6 Å². The summed E-state index contributed by atoms with van der Waals surface area (Å²) in [6.45, 7) is 1.71. The van der Waals surface area contributed by atoms with Crippen LogP contribution in [0.2, 0.25) is 0 Å². The third-order valence-electron chi connectivity index (χ3n) is 4.05. The van der Waals surface area contributed by atoms with Crippen molar-refractivity contribution >= 4 is 16.9 Å². The molecule has 0 bridgehead atoms. The van der Waals surface area contributed by atoms with Crippen LogP contribution < -0.4 is 5.43 Å². The first-order valence-corrected chi connectivity index (χ1v) is 7.71. The molecule has 24 heavy (non-hydrogen) atoms. The van der Waals surface area contributed by atoms with Crippen molar-refractivity contribution in [2.45, 2.75) is 12.5 Å². The zero-order valence-corrected chi connectivity index (χ0v) is 13.3. The molecule has 1 aliphatic heterocycles. The molecular weight excluding hydrogens is 317 g/mol. The molecule has 1 aromatic carbocycles. The van der Waals surface area contributed by atoms with Crippen molar-refractivity contribution in [2.75, 3.05) is 33.5 Å². The van der Waals surface area contributed by atoms with Crippen LogP contribution in [0.1, 0.15) is 17.0 Å². The van der Waals surface area contributed by atoms with E-state index in [-0.39, 0.29) is 28.2 Å². The van der Waals surface area contributed by atoms with Gasteiger partial charge in [0.1, 0.15) is 11.4 Å². The summed E-state index contributed by atoms with van der Waals surface area (Å²) in [4.78, 5) is 26.5. The molecule has 6 nitrogen and oxygen atoms in total. The van der Waals surface area contributed by atoms with Crippen molar-refractivity contribution in [3.8, 4) is 0 Å². The highest BCUT2D eigenvalue weighted by molar-refractivity contribution is 5.93. The standard InChI is InChI=1S/C17H18FNO5/c1-22-6-4-12-10-23-7-5-19(12)17(21)16-9-14(20)13-3-2-11(18)8-15(13)24-16/h2-3,8-9,12H,4-7,10H2,1H3. The Labute approximate surface area is 137 Å². The Morgan fingerprint density at radius 1 is 1.42 bits per heavy atom. The number of nitrogens with zero attached hydrogens (tertiary/aromatic N) is 1. The predicted molar refractivity (Wildman–Crippen MR) is 84.6 cm³/mol. The molecule has 1 saturated heterocycles. The summed E-state index contributed by atoms with van der Waals surface area (Å²) in [7, 11) is 1.59. The van der Waals surface area contributed by atoms with E-state index in [0.717, 1.165) is 12.1 Å².